The number of pyridine rings is 1. The first-order valence-electron chi connectivity index (χ1n) is 8.03. The third kappa shape index (κ3) is 2.98. The SMILES string of the molecule is COc1c(Cl)cc([C@@H]2[C@@H](c3ccccn3)N=C3S[C@@H](C)CN32)cc1Cl. The van der Waals surface area contributed by atoms with Crippen molar-refractivity contribution in [1.29, 1.82) is 0 Å². The monoisotopic (exact) mass is 393 g/mol. The standard InChI is InChI=1S/C18H17Cl2N3OS/c1-10-9-23-16(11-7-12(19)17(24-2)13(20)8-11)15(22-18(23)25-10)14-5-3-4-6-21-14/h3-8,10,15-16H,9H2,1-2H3/t10-,15+,16+/m0/s1. The molecule has 130 valence electrons. The molecule has 25 heavy (non-hydrogen) atoms. The molecule has 4 nitrogen and oxygen atoms in total. The van der Waals surface area contributed by atoms with E-state index >= 15 is 0 Å². The van der Waals surface area contributed by atoms with Gasteiger partial charge in [-0.05, 0) is 29.8 Å². The molecule has 3 heterocycles. The van der Waals surface area contributed by atoms with E-state index in [-0.39, 0.29) is 12.1 Å². The number of benzene rings is 1. The van der Waals surface area contributed by atoms with Gasteiger partial charge in [-0.15, -0.1) is 0 Å². The molecule has 0 saturated carbocycles. The maximum absolute atomic E-state index is 6.39. The van der Waals surface area contributed by atoms with Gasteiger partial charge in [-0.2, -0.15) is 0 Å². The summed E-state index contributed by atoms with van der Waals surface area (Å²) in [5, 5.41) is 2.60. The minimum Gasteiger partial charge on any atom is -0.494 e. The Morgan fingerprint density at radius 3 is 2.64 bits per heavy atom. The van der Waals surface area contributed by atoms with Gasteiger partial charge in [0, 0.05) is 18.0 Å². The second-order valence-electron chi connectivity index (χ2n) is 6.15. The van der Waals surface area contributed by atoms with Crippen molar-refractivity contribution in [3.63, 3.8) is 0 Å². The molecular formula is C18H17Cl2N3OS. The number of methoxy groups -OCH3 is 1. The van der Waals surface area contributed by atoms with Crippen LogP contribution >= 0.6 is 35.0 Å². The number of aliphatic imine (C=N–C) groups is 1. The van der Waals surface area contributed by atoms with Gasteiger partial charge < -0.3 is 9.64 Å². The molecular weight excluding hydrogens is 377 g/mol. The Bertz CT molecular complexity index is 807. The Balaban J connectivity index is 1.80. The lowest BCUT2D eigenvalue weighted by Crippen LogP contribution is -2.28. The van der Waals surface area contributed by atoms with Crippen LogP contribution in [-0.4, -0.2) is 34.0 Å². The predicted octanol–water partition coefficient (Wildman–Crippen LogP) is 4.99. The largest absolute Gasteiger partial charge is 0.494 e. The third-order valence-electron chi connectivity index (χ3n) is 4.45. The van der Waals surface area contributed by atoms with Crippen LogP contribution < -0.4 is 4.74 Å². The molecule has 0 N–H and O–H groups in total. The number of rotatable bonds is 3. The highest BCUT2D eigenvalue weighted by molar-refractivity contribution is 8.14. The minimum atomic E-state index is -0.0725. The van der Waals surface area contributed by atoms with Crippen molar-refractivity contribution >= 4 is 40.1 Å². The predicted molar refractivity (Wildman–Crippen MR) is 104 cm³/mol. The summed E-state index contributed by atoms with van der Waals surface area (Å²) in [4.78, 5) is 11.8. The van der Waals surface area contributed by atoms with E-state index in [9.17, 15) is 0 Å². The number of fused-ring (bicyclic) bond motifs is 1. The Hall–Kier alpha value is -1.43. The molecule has 2 aromatic rings. The van der Waals surface area contributed by atoms with Crippen molar-refractivity contribution in [2.75, 3.05) is 13.7 Å². The van der Waals surface area contributed by atoms with Crippen LogP contribution in [0.4, 0.5) is 0 Å². The minimum absolute atomic E-state index is 0.0308. The molecule has 1 aromatic carbocycles. The molecule has 2 aliphatic heterocycles. The lowest BCUT2D eigenvalue weighted by molar-refractivity contribution is 0.321. The van der Waals surface area contributed by atoms with Gasteiger partial charge in [0.25, 0.3) is 0 Å². The van der Waals surface area contributed by atoms with E-state index in [1.54, 1.807) is 25.1 Å². The van der Waals surface area contributed by atoms with Gasteiger partial charge in [0.15, 0.2) is 10.9 Å². The zero-order chi connectivity index (χ0) is 17.6. The average molecular weight is 394 g/mol. The molecule has 0 bridgehead atoms. The van der Waals surface area contributed by atoms with E-state index in [2.05, 4.69) is 16.8 Å². The number of hydrogen-bond donors (Lipinski definition) is 0. The first-order chi connectivity index (χ1) is 12.1. The second-order valence-corrected chi connectivity index (χ2v) is 8.37. The van der Waals surface area contributed by atoms with E-state index in [1.165, 1.54) is 0 Å². The van der Waals surface area contributed by atoms with Gasteiger partial charge in [0.05, 0.1) is 28.9 Å². The maximum atomic E-state index is 6.39. The molecule has 1 aromatic heterocycles. The van der Waals surface area contributed by atoms with Crippen LogP contribution in [0.5, 0.6) is 5.75 Å². The number of amidine groups is 1. The quantitative estimate of drug-likeness (QED) is 0.736. The summed E-state index contributed by atoms with van der Waals surface area (Å²) in [7, 11) is 1.57. The zero-order valence-electron chi connectivity index (χ0n) is 13.8. The Kier molecular flexibility index (Phi) is 4.56. The van der Waals surface area contributed by atoms with Crippen molar-refractivity contribution in [2.24, 2.45) is 4.99 Å². The number of hydrogen-bond acceptors (Lipinski definition) is 5. The number of nitrogens with zero attached hydrogens (tertiary/aromatic N) is 3. The lowest BCUT2D eigenvalue weighted by Gasteiger charge is -2.28. The highest BCUT2D eigenvalue weighted by Gasteiger charge is 2.43. The second kappa shape index (κ2) is 6.71. The molecule has 4 rings (SSSR count). The van der Waals surface area contributed by atoms with Crippen LogP contribution in [0, 0.1) is 0 Å². The van der Waals surface area contributed by atoms with Crippen molar-refractivity contribution in [1.82, 2.24) is 9.88 Å². The zero-order valence-corrected chi connectivity index (χ0v) is 16.1. The van der Waals surface area contributed by atoms with Crippen molar-refractivity contribution in [3.05, 3.63) is 57.8 Å². The molecule has 1 saturated heterocycles. The van der Waals surface area contributed by atoms with E-state index in [1.807, 2.05) is 30.3 Å². The fraction of sp³-hybridized carbons (Fsp3) is 0.333. The van der Waals surface area contributed by atoms with Gasteiger partial charge in [-0.25, -0.2) is 0 Å². The van der Waals surface area contributed by atoms with Crippen LogP contribution in [0.3, 0.4) is 0 Å². The Labute approximate surface area is 161 Å². The third-order valence-corrected chi connectivity index (χ3v) is 6.11. The fourth-order valence-electron chi connectivity index (χ4n) is 3.42. The summed E-state index contributed by atoms with van der Waals surface area (Å²) in [6.07, 6.45) is 1.81. The van der Waals surface area contributed by atoms with Gasteiger partial charge in [0.2, 0.25) is 0 Å². The normalized spacial score (nSPS) is 25.0. The molecule has 0 unspecified atom stereocenters. The first-order valence-corrected chi connectivity index (χ1v) is 9.67. The van der Waals surface area contributed by atoms with Crippen LogP contribution in [0.15, 0.2) is 41.5 Å². The van der Waals surface area contributed by atoms with Crippen molar-refractivity contribution in [3.8, 4) is 5.75 Å². The van der Waals surface area contributed by atoms with Crippen LogP contribution in [-0.2, 0) is 0 Å². The van der Waals surface area contributed by atoms with E-state index < -0.39 is 0 Å². The van der Waals surface area contributed by atoms with Crippen molar-refractivity contribution < 1.29 is 4.74 Å². The number of thioether (sulfide) groups is 1. The molecule has 3 atom stereocenters. The highest BCUT2D eigenvalue weighted by Crippen LogP contribution is 2.49. The van der Waals surface area contributed by atoms with Crippen LogP contribution in [0.25, 0.3) is 0 Å². The van der Waals surface area contributed by atoms with Gasteiger partial charge in [-0.3, -0.25) is 9.98 Å². The summed E-state index contributed by atoms with van der Waals surface area (Å²) in [6, 6.07) is 9.75. The van der Waals surface area contributed by atoms with E-state index in [4.69, 9.17) is 32.9 Å². The Morgan fingerprint density at radius 1 is 1.24 bits per heavy atom. The maximum Gasteiger partial charge on any atom is 0.160 e. The summed E-state index contributed by atoms with van der Waals surface area (Å²) in [6.45, 7) is 3.16. The number of ether oxygens (including phenoxy) is 1. The van der Waals surface area contributed by atoms with Crippen molar-refractivity contribution in [2.45, 2.75) is 24.3 Å². The molecule has 0 radical (unpaired) electrons. The highest BCUT2D eigenvalue weighted by atomic mass is 35.5. The number of halogens is 2. The molecule has 7 heteroatoms. The summed E-state index contributed by atoms with van der Waals surface area (Å²) >= 11 is 14.6. The topological polar surface area (TPSA) is 37.7 Å². The molecule has 0 spiro atoms. The lowest BCUT2D eigenvalue weighted by atomic mass is 9.96. The molecule has 1 fully saturated rings. The van der Waals surface area contributed by atoms with E-state index in [0.29, 0.717) is 21.0 Å². The summed E-state index contributed by atoms with van der Waals surface area (Å²) in [5.74, 6) is 0.504. The van der Waals surface area contributed by atoms with Crippen LogP contribution in [0.2, 0.25) is 10.0 Å². The smallest absolute Gasteiger partial charge is 0.160 e. The van der Waals surface area contributed by atoms with Crippen LogP contribution in [0.1, 0.15) is 30.3 Å². The van der Waals surface area contributed by atoms with Gasteiger partial charge >= 0.3 is 0 Å². The molecule has 0 aliphatic carbocycles. The van der Waals surface area contributed by atoms with Gasteiger partial charge in [-0.1, -0.05) is 48.0 Å². The molecule has 0 amide bonds. The summed E-state index contributed by atoms with van der Waals surface area (Å²) in [5.41, 5.74) is 1.98. The Morgan fingerprint density at radius 2 is 2.00 bits per heavy atom. The number of aromatic nitrogens is 1. The average Bonchev–Trinajstić information content (AvgIpc) is 3.11. The van der Waals surface area contributed by atoms with E-state index in [0.717, 1.165) is 23.0 Å². The van der Waals surface area contributed by atoms with Gasteiger partial charge in [0.1, 0.15) is 6.04 Å². The first kappa shape index (κ1) is 17.0. The fourth-order valence-corrected chi connectivity index (χ4v) is 5.17. The summed E-state index contributed by atoms with van der Waals surface area (Å²) < 4.78 is 5.29. The molecule has 2 aliphatic rings.